The number of nitriles is 1. The van der Waals surface area contributed by atoms with Gasteiger partial charge in [0.05, 0.1) is 23.8 Å². The number of hydrogen-bond acceptors (Lipinski definition) is 5. The second-order valence-corrected chi connectivity index (χ2v) is 7.57. The molecule has 0 saturated heterocycles. The van der Waals surface area contributed by atoms with E-state index in [9.17, 15) is 14.9 Å². The van der Waals surface area contributed by atoms with Crippen LogP contribution in [0.15, 0.2) is 65.2 Å². The van der Waals surface area contributed by atoms with E-state index >= 15 is 0 Å². The minimum Gasteiger partial charge on any atom is -0.468 e. The third-order valence-corrected chi connectivity index (χ3v) is 5.78. The number of hydrogen-bond donors (Lipinski definition) is 1. The normalized spacial score (nSPS) is 19.0. The first kappa shape index (κ1) is 20.0. The van der Waals surface area contributed by atoms with Crippen LogP contribution in [0.5, 0.6) is 0 Å². The van der Waals surface area contributed by atoms with Crippen LogP contribution in [-0.2, 0) is 20.1 Å². The van der Waals surface area contributed by atoms with Crippen molar-refractivity contribution in [2.75, 3.05) is 7.11 Å². The Morgan fingerprint density at radius 2 is 1.89 bits per heavy atom. The van der Waals surface area contributed by atoms with Gasteiger partial charge in [-0.2, -0.15) is 5.26 Å². The molecule has 1 heterocycles. The summed E-state index contributed by atoms with van der Waals surface area (Å²) < 4.78 is 4.83. The number of thioether (sulfide) groups is 1. The van der Waals surface area contributed by atoms with E-state index in [1.54, 1.807) is 24.3 Å². The van der Waals surface area contributed by atoms with Gasteiger partial charge in [-0.05, 0) is 23.3 Å². The zero-order chi connectivity index (χ0) is 20.1. The average molecular weight is 413 g/mol. The van der Waals surface area contributed by atoms with Crippen molar-refractivity contribution in [1.82, 2.24) is 5.32 Å². The van der Waals surface area contributed by atoms with E-state index < -0.39 is 23.7 Å². The quantitative estimate of drug-likeness (QED) is 0.592. The van der Waals surface area contributed by atoms with Crippen LogP contribution in [0.2, 0.25) is 5.02 Å². The number of ether oxygens (including phenoxy) is 1. The number of esters is 1. The Labute approximate surface area is 172 Å². The van der Waals surface area contributed by atoms with Gasteiger partial charge in [0.15, 0.2) is 0 Å². The van der Waals surface area contributed by atoms with Crippen molar-refractivity contribution in [2.45, 2.75) is 11.7 Å². The molecule has 2 aromatic rings. The maximum absolute atomic E-state index is 12.7. The zero-order valence-electron chi connectivity index (χ0n) is 15.0. The second kappa shape index (κ2) is 8.96. The molecule has 0 saturated carbocycles. The first-order valence-electron chi connectivity index (χ1n) is 8.50. The SMILES string of the molecule is COC(=O)[C@@H]1C(=O)NC(SCc2ccc(Cl)cc2)=C(C#N)[C@@H]1c1ccccc1. The molecule has 1 aliphatic heterocycles. The Kier molecular flexibility index (Phi) is 6.40. The number of halogens is 1. The molecule has 0 fully saturated rings. The molecule has 1 N–H and O–H groups in total. The summed E-state index contributed by atoms with van der Waals surface area (Å²) in [5.74, 6) is -2.40. The molecule has 2 aromatic carbocycles. The predicted octanol–water partition coefficient (Wildman–Crippen LogP) is 4.01. The number of nitrogens with zero attached hydrogens (tertiary/aromatic N) is 1. The smallest absolute Gasteiger partial charge is 0.319 e. The second-order valence-electron chi connectivity index (χ2n) is 6.15. The highest BCUT2D eigenvalue weighted by Crippen LogP contribution is 2.40. The Balaban J connectivity index is 1.98. The molecule has 0 radical (unpaired) electrons. The Morgan fingerprint density at radius 1 is 1.21 bits per heavy atom. The molecule has 0 spiro atoms. The van der Waals surface area contributed by atoms with E-state index in [4.69, 9.17) is 16.3 Å². The van der Waals surface area contributed by atoms with Gasteiger partial charge in [-0.3, -0.25) is 9.59 Å². The van der Waals surface area contributed by atoms with Gasteiger partial charge in [0.1, 0.15) is 5.92 Å². The topological polar surface area (TPSA) is 79.2 Å². The first-order valence-corrected chi connectivity index (χ1v) is 9.86. The number of benzene rings is 2. The molecule has 0 aromatic heterocycles. The van der Waals surface area contributed by atoms with Crippen molar-refractivity contribution in [1.29, 1.82) is 5.26 Å². The van der Waals surface area contributed by atoms with Gasteiger partial charge in [-0.1, -0.05) is 54.1 Å². The lowest BCUT2D eigenvalue weighted by Gasteiger charge is -2.31. The molecule has 28 heavy (non-hydrogen) atoms. The predicted molar refractivity (Wildman–Crippen MR) is 108 cm³/mol. The fourth-order valence-corrected chi connectivity index (χ4v) is 4.21. The molecule has 0 aliphatic carbocycles. The monoisotopic (exact) mass is 412 g/mol. The van der Waals surface area contributed by atoms with Crippen LogP contribution >= 0.6 is 23.4 Å². The first-order chi connectivity index (χ1) is 13.5. The Bertz CT molecular complexity index is 952. The fraction of sp³-hybridized carbons (Fsp3) is 0.190. The lowest BCUT2D eigenvalue weighted by molar-refractivity contribution is -0.150. The molecule has 0 unspecified atom stereocenters. The highest BCUT2D eigenvalue weighted by molar-refractivity contribution is 8.02. The van der Waals surface area contributed by atoms with Crippen LogP contribution in [-0.4, -0.2) is 19.0 Å². The van der Waals surface area contributed by atoms with Crippen molar-refractivity contribution in [3.63, 3.8) is 0 Å². The molecule has 2 atom stereocenters. The van der Waals surface area contributed by atoms with Gasteiger partial charge in [0.2, 0.25) is 5.91 Å². The summed E-state index contributed by atoms with van der Waals surface area (Å²) in [5.41, 5.74) is 2.06. The van der Waals surface area contributed by atoms with Gasteiger partial charge >= 0.3 is 5.97 Å². The molecule has 0 bridgehead atoms. The minimum absolute atomic E-state index is 0.347. The highest BCUT2D eigenvalue weighted by Gasteiger charge is 2.44. The third-order valence-electron chi connectivity index (χ3n) is 4.44. The zero-order valence-corrected chi connectivity index (χ0v) is 16.6. The number of amides is 1. The van der Waals surface area contributed by atoms with Crippen LogP contribution in [0, 0.1) is 17.2 Å². The van der Waals surface area contributed by atoms with E-state index in [0.717, 1.165) is 5.56 Å². The van der Waals surface area contributed by atoms with Crippen LogP contribution in [0.1, 0.15) is 17.0 Å². The number of rotatable bonds is 5. The number of carbonyl (C=O) groups excluding carboxylic acids is 2. The molecular weight excluding hydrogens is 396 g/mol. The van der Waals surface area contributed by atoms with Gasteiger partial charge in [-0.25, -0.2) is 0 Å². The van der Waals surface area contributed by atoms with E-state index in [1.165, 1.54) is 18.9 Å². The van der Waals surface area contributed by atoms with E-state index in [1.807, 2.05) is 30.3 Å². The molecule has 7 heteroatoms. The van der Waals surface area contributed by atoms with Crippen molar-refractivity contribution in [2.24, 2.45) is 5.92 Å². The summed E-state index contributed by atoms with van der Waals surface area (Å²) >= 11 is 7.25. The Hall–Kier alpha value is -2.75. The largest absolute Gasteiger partial charge is 0.468 e. The molecule has 3 rings (SSSR count). The van der Waals surface area contributed by atoms with Crippen LogP contribution in [0.25, 0.3) is 0 Å². The lowest BCUT2D eigenvalue weighted by Crippen LogP contribution is -2.44. The molecule has 142 valence electrons. The van der Waals surface area contributed by atoms with Crippen molar-refractivity contribution >= 4 is 35.2 Å². The highest BCUT2D eigenvalue weighted by atomic mass is 35.5. The van der Waals surface area contributed by atoms with Gasteiger partial charge in [0, 0.05) is 16.7 Å². The standard InChI is InChI=1S/C21H17ClN2O3S/c1-27-21(26)18-17(14-5-3-2-4-6-14)16(11-23)20(24-19(18)25)28-12-13-7-9-15(22)10-8-13/h2-10,17-18H,12H2,1H3,(H,24,25)/t17-,18-/m0/s1. The van der Waals surface area contributed by atoms with Gasteiger partial charge < -0.3 is 10.1 Å². The molecule has 5 nitrogen and oxygen atoms in total. The molecule has 1 amide bonds. The van der Waals surface area contributed by atoms with Crippen molar-refractivity contribution in [3.8, 4) is 6.07 Å². The van der Waals surface area contributed by atoms with E-state index in [2.05, 4.69) is 11.4 Å². The lowest BCUT2D eigenvalue weighted by atomic mass is 9.78. The summed E-state index contributed by atoms with van der Waals surface area (Å²) in [7, 11) is 1.23. The summed E-state index contributed by atoms with van der Waals surface area (Å²) in [6.45, 7) is 0. The summed E-state index contributed by atoms with van der Waals surface area (Å²) in [6.07, 6.45) is 0. The van der Waals surface area contributed by atoms with Crippen molar-refractivity contribution < 1.29 is 14.3 Å². The summed E-state index contributed by atoms with van der Waals surface area (Å²) in [4.78, 5) is 25.0. The van der Waals surface area contributed by atoms with E-state index in [0.29, 0.717) is 26.9 Å². The maximum Gasteiger partial charge on any atom is 0.319 e. The van der Waals surface area contributed by atoms with Crippen LogP contribution < -0.4 is 5.32 Å². The third kappa shape index (κ3) is 4.22. The van der Waals surface area contributed by atoms with Crippen LogP contribution in [0.4, 0.5) is 0 Å². The minimum atomic E-state index is -1.11. The van der Waals surface area contributed by atoms with Crippen molar-refractivity contribution in [3.05, 3.63) is 81.3 Å². The molecular formula is C21H17ClN2O3S. The number of carbonyl (C=O) groups is 2. The summed E-state index contributed by atoms with van der Waals surface area (Å²) in [5, 5.41) is 13.7. The number of allylic oxidation sites excluding steroid dienone is 1. The average Bonchev–Trinajstić information content (AvgIpc) is 2.72. The molecule has 1 aliphatic rings. The summed E-state index contributed by atoms with van der Waals surface area (Å²) in [6, 6.07) is 18.6. The maximum atomic E-state index is 12.7. The number of nitrogens with one attached hydrogen (secondary N) is 1. The van der Waals surface area contributed by atoms with E-state index in [-0.39, 0.29) is 0 Å². The number of methoxy groups -OCH3 is 1. The van der Waals surface area contributed by atoms with Gasteiger partial charge in [0.25, 0.3) is 0 Å². The Morgan fingerprint density at radius 3 is 2.50 bits per heavy atom. The van der Waals surface area contributed by atoms with Gasteiger partial charge in [-0.15, -0.1) is 11.8 Å². The fourth-order valence-electron chi connectivity index (χ4n) is 3.08. The van der Waals surface area contributed by atoms with Crippen LogP contribution in [0.3, 0.4) is 0 Å².